The summed E-state index contributed by atoms with van der Waals surface area (Å²) in [5, 5.41) is 18.8. The molecule has 3 unspecified atom stereocenters. The van der Waals surface area contributed by atoms with Crippen molar-refractivity contribution in [1.29, 1.82) is 0 Å². The van der Waals surface area contributed by atoms with Crippen LogP contribution in [0.3, 0.4) is 0 Å². The van der Waals surface area contributed by atoms with E-state index in [9.17, 15) is 5.11 Å². The predicted molar refractivity (Wildman–Crippen MR) is 133 cm³/mol. The van der Waals surface area contributed by atoms with Crippen molar-refractivity contribution in [2.24, 2.45) is 0 Å². The van der Waals surface area contributed by atoms with Gasteiger partial charge in [-0.05, 0) is 42.4 Å². The van der Waals surface area contributed by atoms with Crippen LogP contribution in [-0.2, 0) is 14.5 Å². The zero-order valence-electron chi connectivity index (χ0n) is 19.7. The highest BCUT2D eigenvalue weighted by atomic mass is 127. The predicted octanol–water partition coefficient (Wildman–Crippen LogP) is 6.72. The second-order valence-corrected chi connectivity index (χ2v) is 9.96. The van der Waals surface area contributed by atoms with Crippen LogP contribution in [0.1, 0.15) is 117 Å². The first-order valence-electron chi connectivity index (χ1n) is 12.4. The van der Waals surface area contributed by atoms with Gasteiger partial charge < -0.3 is 14.9 Å². The van der Waals surface area contributed by atoms with Crippen LogP contribution in [-0.4, -0.2) is 46.4 Å². The third-order valence-electron chi connectivity index (χ3n) is 5.14. The van der Waals surface area contributed by atoms with Gasteiger partial charge in [-0.2, -0.15) is 0 Å². The van der Waals surface area contributed by atoms with Gasteiger partial charge in [0.15, 0.2) is 0 Å². The van der Waals surface area contributed by atoms with Crippen molar-refractivity contribution in [3.8, 4) is 0 Å². The Bertz CT molecular complexity index is 331. The van der Waals surface area contributed by atoms with Gasteiger partial charge in [0, 0.05) is 0 Å². The summed E-state index contributed by atoms with van der Waals surface area (Å²) in [6, 6.07) is 0. The summed E-state index contributed by atoms with van der Waals surface area (Å²) in [6.07, 6.45) is 20.3. The summed E-state index contributed by atoms with van der Waals surface area (Å²) in [5.41, 5.74) is 0. The smallest absolute Gasteiger partial charge is 0.144 e. The zero-order valence-corrected chi connectivity index (χ0v) is 21.8. The molecule has 0 rings (SSSR count). The average Bonchev–Trinajstić information content (AvgIpc) is 2.70. The van der Waals surface area contributed by atoms with Gasteiger partial charge in [-0.25, -0.2) is 9.78 Å². The van der Waals surface area contributed by atoms with Gasteiger partial charge in [-0.15, -0.1) is 0 Å². The molecule has 0 fully saturated rings. The highest BCUT2D eigenvalue weighted by Crippen LogP contribution is 2.16. The molecule has 30 heavy (non-hydrogen) atoms. The molecule has 2 N–H and O–H groups in total. The highest BCUT2D eigenvalue weighted by molar-refractivity contribution is 14.1. The Kier molecular flexibility index (Phi) is 24.6. The Hall–Kier alpha value is 0.530. The SMILES string of the molecule is CCCCCCCCCCCCCCCCCC(I)OOCC(O)COCC(C)O. The van der Waals surface area contributed by atoms with E-state index in [0.717, 1.165) is 12.8 Å². The van der Waals surface area contributed by atoms with Gasteiger partial charge in [-0.3, -0.25) is 0 Å². The van der Waals surface area contributed by atoms with E-state index in [1.807, 2.05) is 0 Å². The van der Waals surface area contributed by atoms with Crippen molar-refractivity contribution in [3.63, 3.8) is 0 Å². The first-order valence-corrected chi connectivity index (χ1v) is 13.7. The molecule has 0 radical (unpaired) electrons. The molecule has 0 heterocycles. The van der Waals surface area contributed by atoms with E-state index in [4.69, 9.17) is 19.6 Å². The molecule has 0 aromatic heterocycles. The number of alkyl halides is 1. The molecule has 0 saturated heterocycles. The highest BCUT2D eigenvalue weighted by Gasteiger charge is 2.09. The van der Waals surface area contributed by atoms with E-state index < -0.39 is 12.2 Å². The van der Waals surface area contributed by atoms with Crippen molar-refractivity contribution in [3.05, 3.63) is 0 Å². The Morgan fingerprint density at radius 2 is 1.13 bits per heavy atom. The second-order valence-electron chi connectivity index (χ2n) is 8.57. The Balaban J connectivity index is 3.23. The van der Waals surface area contributed by atoms with Crippen molar-refractivity contribution in [2.45, 2.75) is 133 Å². The molecule has 0 aliphatic heterocycles. The van der Waals surface area contributed by atoms with Crippen molar-refractivity contribution in [1.82, 2.24) is 0 Å². The number of unbranched alkanes of at least 4 members (excludes halogenated alkanes) is 14. The lowest BCUT2D eigenvalue weighted by molar-refractivity contribution is -0.312. The van der Waals surface area contributed by atoms with Gasteiger partial charge in [0.25, 0.3) is 0 Å². The van der Waals surface area contributed by atoms with Crippen LogP contribution in [0.5, 0.6) is 0 Å². The van der Waals surface area contributed by atoms with Crippen molar-refractivity contribution < 1.29 is 24.7 Å². The van der Waals surface area contributed by atoms with Gasteiger partial charge in [-0.1, -0.05) is 96.8 Å². The number of aliphatic hydroxyl groups excluding tert-OH is 2. The number of aliphatic hydroxyl groups is 2. The molecule has 0 aromatic rings. The van der Waals surface area contributed by atoms with E-state index >= 15 is 0 Å². The summed E-state index contributed by atoms with van der Waals surface area (Å²) >= 11 is 2.23. The van der Waals surface area contributed by atoms with Crippen LogP contribution in [0, 0.1) is 0 Å². The minimum atomic E-state index is -0.738. The van der Waals surface area contributed by atoms with Crippen molar-refractivity contribution in [2.75, 3.05) is 19.8 Å². The minimum absolute atomic E-state index is 0.00940. The molecule has 0 amide bonds. The first kappa shape index (κ1) is 30.5. The fourth-order valence-electron chi connectivity index (χ4n) is 3.34. The van der Waals surface area contributed by atoms with Gasteiger partial charge >= 0.3 is 0 Å². The van der Waals surface area contributed by atoms with Crippen LogP contribution in [0.4, 0.5) is 0 Å². The average molecular weight is 545 g/mol. The maximum absolute atomic E-state index is 9.68. The molecule has 0 aliphatic carbocycles. The molecule has 0 bridgehead atoms. The quantitative estimate of drug-likeness (QED) is 0.0465. The molecule has 3 atom stereocenters. The minimum Gasteiger partial charge on any atom is -0.391 e. The fraction of sp³-hybridized carbons (Fsp3) is 1.00. The number of halogens is 1. The van der Waals surface area contributed by atoms with E-state index in [1.165, 1.54) is 89.9 Å². The lowest BCUT2D eigenvalue weighted by atomic mass is 10.0. The summed E-state index contributed by atoms with van der Waals surface area (Å²) < 4.78 is 5.15. The van der Waals surface area contributed by atoms with Crippen LogP contribution < -0.4 is 0 Å². The van der Waals surface area contributed by atoms with Crippen LogP contribution in [0.15, 0.2) is 0 Å². The van der Waals surface area contributed by atoms with E-state index in [0.29, 0.717) is 0 Å². The van der Waals surface area contributed by atoms with Crippen molar-refractivity contribution >= 4 is 22.6 Å². The summed E-state index contributed by atoms with van der Waals surface area (Å²) in [7, 11) is 0. The maximum atomic E-state index is 9.68. The van der Waals surface area contributed by atoms with Gasteiger partial charge in [0.2, 0.25) is 0 Å². The topological polar surface area (TPSA) is 68.2 Å². The molecule has 0 saturated carbocycles. The monoisotopic (exact) mass is 544 g/mol. The van der Waals surface area contributed by atoms with Gasteiger partial charge in [0.05, 0.1) is 19.3 Å². The molecule has 6 heteroatoms. The summed E-state index contributed by atoms with van der Waals surface area (Å²) in [6.45, 7) is 4.35. The first-order chi connectivity index (χ1) is 14.6. The molecular weight excluding hydrogens is 495 g/mol. The standard InChI is InChI=1S/C24H49IO5/c1-3-4-5-6-7-8-9-10-11-12-13-14-15-16-17-18-24(25)30-29-21-23(27)20-28-19-22(2)26/h22-24,26-27H,3-21H2,1-2H3. The van der Waals surface area contributed by atoms with E-state index in [-0.39, 0.29) is 23.9 Å². The number of hydrogen-bond donors (Lipinski definition) is 2. The van der Waals surface area contributed by atoms with Crippen LogP contribution >= 0.6 is 22.6 Å². The lowest BCUT2D eigenvalue weighted by Gasteiger charge is -2.14. The third-order valence-corrected chi connectivity index (χ3v) is 5.97. The fourth-order valence-corrected chi connectivity index (χ4v) is 3.93. The molecule has 5 nitrogen and oxygen atoms in total. The third kappa shape index (κ3) is 24.8. The van der Waals surface area contributed by atoms with E-state index in [2.05, 4.69) is 29.5 Å². The molecule has 0 aromatic carbocycles. The molecule has 0 spiro atoms. The molecule has 0 aliphatic rings. The Morgan fingerprint density at radius 1 is 0.667 bits per heavy atom. The van der Waals surface area contributed by atoms with Crippen LogP contribution in [0.25, 0.3) is 0 Å². The summed E-state index contributed by atoms with van der Waals surface area (Å²) in [4.78, 5) is 10.4. The Morgan fingerprint density at radius 3 is 1.60 bits per heavy atom. The second kappa shape index (κ2) is 24.2. The number of ether oxygens (including phenoxy) is 1. The molecule has 182 valence electrons. The van der Waals surface area contributed by atoms with Crippen LogP contribution in [0.2, 0.25) is 0 Å². The largest absolute Gasteiger partial charge is 0.391 e. The summed E-state index contributed by atoms with van der Waals surface area (Å²) in [5.74, 6) is 0. The van der Waals surface area contributed by atoms with E-state index in [1.54, 1.807) is 6.92 Å². The lowest BCUT2D eigenvalue weighted by Crippen LogP contribution is -2.24. The number of hydrogen-bond acceptors (Lipinski definition) is 5. The zero-order chi connectivity index (χ0) is 22.3. The van der Waals surface area contributed by atoms with Gasteiger partial charge in [0.1, 0.15) is 16.8 Å². The molecular formula is C24H49IO5. The maximum Gasteiger partial charge on any atom is 0.144 e. The number of rotatable bonds is 24. The Labute approximate surface area is 199 Å². The normalized spacial score (nSPS) is 14.7.